The van der Waals surface area contributed by atoms with Crippen molar-refractivity contribution in [3.8, 4) is 5.75 Å². The van der Waals surface area contributed by atoms with Crippen molar-refractivity contribution in [2.24, 2.45) is 11.1 Å². The van der Waals surface area contributed by atoms with Gasteiger partial charge in [0.25, 0.3) is 0 Å². The number of anilines is 1. The average molecular weight is 292 g/mol. The third-order valence-electron chi connectivity index (χ3n) is 3.54. The minimum absolute atomic E-state index is 0.0503. The first kappa shape index (κ1) is 15.3. The van der Waals surface area contributed by atoms with E-state index in [2.05, 4.69) is 0 Å². The van der Waals surface area contributed by atoms with E-state index in [1.165, 1.54) is 11.0 Å². The number of para-hydroxylation sites is 1. The van der Waals surface area contributed by atoms with Crippen molar-refractivity contribution >= 4 is 17.6 Å². The second-order valence-corrected chi connectivity index (χ2v) is 6.14. The lowest BCUT2D eigenvalue weighted by atomic mass is 9.86. The molecule has 114 valence electrons. The number of nitrogens with zero attached hydrogens (tertiary/aromatic N) is 1. The van der Waals surface area contributed by atoms with Gasteiger partial charge in [-0.05, 0) is 17.5 Å². The fraction of sp³-hybridized carbons (Fsp3) is 0.467. The molecule has 2 rings (SSSR count). The molecule has 0 spiro atoms. The minimum Gasteiger partial charge on any atom is -0.489 e. The number of hydrogen-bond donors (Lipinski definition) is 2. The summed E-state index contributed by atoms with van der Waals surface area (Å²) in [7, 11) is 0. The number of fused-ring (bicyclic) bond motifs is 1. The van der Waals surface area contributed by atoms with Gasteiger partial charge < -0.3 is 20.5 Å². The van der Waals surface area contributed by atoms with Crippen molar-refractivity contribution in [3.63, 3.8) is 0 Å². The van der Waals surface area contributed by atoms with Gasteiger partial charge in [-0.25, -0.2) is 4.79 Å². The molecule has 1 amide bonds. The van der Waals surface area contributed by atoms with Gasteiger partial charge in [-0.3, -0.25) is 4.79 Å². The van der Waals surface area contributed by atoms with Gasteiger partial charge in [-0.15, -0.1) is 0 Å². The van der Waals surface area contributed by atoms with Crippen LogP contribution in [0.15, 0.2) is 18.2 Å². The lowest BCUT2D eigenvalue weighted by Gasteiger charge is -2.35. The van der Waals surface area contributed by atoms with E-state index in [0.717, 1.165) is 0 Å². The van der Waals surface area contributed by atoms with Crippen LogP contribution in [0.3, 0.4) is 0 Å². The van der Waals surface area contributed by atoms with E-state index in [9.17, 15) is 14.7 Å². The first-order valence-electron chi connectivity index (χ1n) is 6.79. The Morgan fingerprint density at radius 1 is 1.38 bits per heavy atom. The number of carbonyl (C=O) groups is 2. The SMILES string of the molecule is CC(C)(C)[C@H](N)C(=O)N1CCOc2c(C(=O)O)cccc21. The highest BCUT2D eigenvalue weighted by Gasteiger charge is 2.35. The highest BCUT2D eigenvalue weighted by atomic mass is 16.5. The molecule has 3 N–H and O–H groups in total. The Hall–Kier alpha value is -2.08. The Balaban J connectivity index is 2.42. The number of aromatic carboxylic acids is 1. The standard InChI is InChI=1S/C15H20N2O4/c1-15(2,3)12(16)13(18)17-7-8-21-11-9(14(19)20)5-4-6-10(11)17/h4-6,12H,7-8,16H2,1-3H3,(H,19,20)/t12-/m1/s1. The summed E-state index contributed by atoms with van der Waals surface area (Å²) in [6.45, 7) is 6.29. The van der Waals surface area contributed by atoms with Crippen LogP contribution in [-0.4, -0.2) is 36.2 Å². The van der Waals surface area contributed by atoms with Crippen molar-refractivity contribution < 1.29 is 19.4 Å². The molecule has 1 heterocycles. The van der Waals surface area contributed by atoms with E-state index in [1.807, 2.05) is 20.8 Å². The zero-order chi connectivity index (χ0) is 15.8. The van der Waals surface area contributed by atoms with E-state index >= 15 is 0 Å². The molecule has 1 atom stereocenters. The number of rotatable bonds is 2. The molecule has 0 saturated heterocycles. The van der Waals surface area contributed by atoms with Gasteiger partial charge in [-0.1, -0.05) is 26.8 Å². The van der Waals surface area contributed by atoms with Crippen LogP contribution in [0.2, 0.25) is 0 Å². The fourth-order valence-electron chi connectivity index (χ4n) is 2.18. The maximum Gasteiger partial charge on any atom is 0.339 e. The zero-order valence-electron chi connectivity index (χ0n) is 12.4. The minimum atomic E-state index is -1.08. The van der Waals surface area contributed by atoms with Crippen molar-refractivity contribution in [1.29, 1.82) is 0 Å². The molecular formula is C15H20N2O4. The van der Waals surface area contributed by atoms with E-state index in [4.69, 9.17) is 10.5 Å². The summed E-state index contributed by atoms with van der Waals surface area (Å²) in [5, 5.41) is 9.20. The van der Waals surface area contributed by atoms with Crippen molar-refractivity contribution in [2.45, 2.75) is 26.8 Å². The summed E-state index contributed by atoms with van der Waals surface area (Å²) in [5.74, 6) is -1.08. The Kier molecular flexibility index (Phi) is 3.91. The summed E-state index contributed by atoms with van der Waals surface area (Å²) >= 11 is 0. The molecule has 0 aromatic heterocycles. The molecule has 0 bridgehead atoms. The average Bonchev–Trinajstić information content (AvgIpc) is 2.43. The summed E-state index contributed by atoms with van der Waals surface area (Å²) in [6, 6.07) is 4.06. The monoisotopic (exact) mass is 292 g/mol. The molecule has 0 saturated carbocycles. The first-order valence-corrected chi connectivity index (χ1v) is 6.79. The van der Waals surface area contributed by atoms with Crippen LogP contribution in [0.1, 0.15) is 31.1 Å². The second-order valence-electron chi connectivity index (χ2n) is 6.14. The highest BCUT2D eigenvalue weighted by molar-refractivity contribution is 6.02. The molecular weight excluding hydrogens is 272 g/mol. The number of carbonyl (C=O) groups excluding carboxylic acids is 1. The van der Waals surface area contributed by atoms with E-state index in [1.54, 1.807) is 12.1 Å². The van der Waals surface area contributed by atoms with Crippen molar-refractivity contribution in [2.75, 3.05) is 18.1 Å². The van der Waals surface area contributed by atoms with Crippen molar-refractivity contribution in [3.05, 3.63) is 23.8 Å². The molecule has 6 nitrogen and oxygen atoms in total. The smallest absolute Gasteiger partial charge is 0.339 e. The van der Waals surface area contributed by atoms with Gasteiger partial charge >= 0.3 is 5.97 Å². The summed E-state index contributed by atoms with van der Waals surface area (Å²) in [4.78, 5) is 25.3. The zero-order valence-corrected chi connectivity index (χ0v) is 12.4. The molecule has 0 aliphatic carbocycles. The third kappa shape index (κ3) is 2.85. The molecule has 0 fully saturated rings. The van der Waals surface area contributed by atoms with E-state index in [0.29, 0.717) is 12.2 Å². The summed E-state index contributed by atoms with van der Waals surface area (Å²) in [6.07, 6.45) is 0. The van der Waals surface area contributed by atoms with Crippen LogP contribution >= 0.6 is 0 Å². The molecule has 6 heteroatoms. The molecule has 1 aromatic rings. The van der Waals surface area contributed by atoms with Gasteiger partial charge in [0.05, 0.1) is 18.3 Å². The lowest BCUT2D eigenvalue weighted by molar-refractivity contribution is -0.122. The molecule has 0 unspecified atom stereocenters. The Morgan fingerprint density at radius 3 is 2.62 bits per heavy atom. The highest BCUT2D eigenvalue weighted by Crippen LogP contribution is 2.36. The number of carboxylic acid groups (broad SMARTS) is 1. The summed E-state index contributed by atoms with van der Waals surface area (Å²) in [5.41, 5.74) is 6.17. The van der Waals surface area contributed by atoms with E-state index in [-0.39, 0.29) is 29.2 Å². The predicted molar refractivity (Wildman–Crippen MR) is 78.7 cm³/mol. The molecule has 0 radical (unpaired) electrons. The second kappa shape index (κ2) is 5.37. The van der Waals surface area contributed by atoms with Crippen LogP contribution in [-0.2, 0) is 4.79 Å². The number of nitrogens with two attached hydrogens (primary N) is 1. The van der Waals surface area contributed by atoms with Crippen LogP contribution in [0.5, 0.6) is 5.75 Å². The Morgan fingerprint density at radius 2 is 2.05 bits per heavy atom. The van der Waals surface area contributed by atoms with Crippen LogP contribution in [0.4, 0.5) is 5.69 Å². The summed E-state index contributed by atoms with van der Waals surface area (Å²) < 4.78 is 5.45. The topological polar surface area (TPSA) is 92.9 Å². The van der Waals surface area contributed by atoms with Gasteiger partial charge in [0, 0.05) is 0 Å². The van der Waals surface area contributed by atoms with Gasteiger partial charge in [-0.2, -0.15) is 0 Å². The Bertz CT molecular complexity index is 578. The normalized spacial score (nSPS) is 15.9. The predicted octanol–water partition coefficient (Wildman–Crippen LogP) is 1.48. The van der Waals surface area contributed by atoms with Crippen LogP contribution in [0.25, 0.3) is 0 Å². The number of amides is 1. The lowest BCUT2D eigenvalue weighted by Crippen LogP contribution is -2.52. The van der Waals surface area contributed by atoms with Gasteiger partial charge in [0.15, 0.2) is 5.75 Å². The molecule has 1 aliphatic heterocycles. The fourth-order valence-corrected chi connectivity index (χ4v) is 2.18. The quantitative estimate of drug-likeness (QED) is 0.861. The number of hydrogen-bond acceptors (Lipinski definition) is 4. The molecule has 1 aromatic carbocycles. The number of ether oxygens (including phenoxy) is 1. The van der Waals surface area contributed by atoms with E-state index < -0.39 is 12.0 Å². The number of carboxylic acids is 1. The largest absolute Gasteiger partial charge is 0.489 e. The maximum atomic E-state index is 12.6. The molecule has 21 heavy (non-hydrogen) atoms. The maximum absolute atomic E-state index is 12.6. The van der Waals surface area contributed by atoms with Crippen LogP contribution < -0.4 is 15.4 Å². The number of benzene rings is 1. The Labute approximate surface area is 123 Å². The molecule has 1 aliphatic rings. The van der Waals surface area contributed by atoms with Crippen LogP contribution in [0, 0.1) is 5.41 Å². The van der Waals surface area contributed by atoms with Gasteiger partial charge in [0.2, 0.25) is 5.91 Å². The van der Waals surface area contributed by atoms with Crippen molar-refractivity contribution in [1.82, 2.24) is 0 Å². The van der Waals surface area contributed by atoms with Gasteiger partial charge in [0.1, 0.15) is 12.2 Å². The third-order valence-corrected chi connectivity index (χ3v) is 3.54. The first-order chi connectivity index (χ1) is 9.73.